The second-order valence-electron chi connectivity index (χ2n) is 6.98. The van der Waals surface area contributed by atoms with Crippen LogP contribution in [0.1, 0.15) is 27.6 Å². The zero-order valence-corrected chi connectivity index (χ0v) is 17.4. The van der Waals surface area contributed by atoms with E-state index in [2.05, 4.69) is 0 Å². The Morgan fingerprint density at radius 1 is 1.00 bits per heavy atom. The van der Waals surface area contributed by atoms with Crippen LogP contribution in [0.3, 0.4) is 0 Å². The third kappa shape index (κ3) is 3.37. The fourth-order valence-electron chi connectivity index (χ4n) is 3.48. The van der Waals surface area contributed by atoms with Gasteiger partial charge in [-0.05, 0) is 55.1 Å². The second-order valence-corrected chi connectivity index (χ2v) is 8.36. The summed E-state index contributed by atoms with van der Waals surface area (Å²) in [6.45, 7) is 3.87. The number of carbonyl (C=O) groups is 2. The van der Waals surface area contributed by atoms with Gasteiger partial charge < -0.3 is 5.11 Å². The number of amides is 1. The molecule has 1 unspecified atom stereocenters. The molecule has 0 spiro atoms. The molecule has 1 fully saturated rings. The Labute approximate surface area is 177 Å². The van der Waals surface area contributed by atoms with Crippen LogP contribution < -0.4 is 4.90 Å². The summed E-state index contributed by atoms with van der Waals surface area (Å²) < 4.78 is 0. The minimum Gasteiger partial charge on any atom is -0.507 e. The average Bonchev–Trinajstić information content (AvgIpc) is 3.24. The standard InChI is InChI=1S/C23H18ClNO3S/c1-13-3-5-15(6-4-13)20(26)18-19(22-14(2)11-12-29-22)25(23(28)21(18)27)17-9-7-16(24)8-10-17/h3-12,19,26H,1-2H3/b20-18-. The van der Waals surface area contributed by atoms with Gasteiger partial charge in [-0.25, -0.2) is 0 Å². The number of aryl methyl sites for hydroxylation is 2. The van der Waals surface area contributed by atoms with Crippen LogP contribution in [-0.2, 0) is 9.59 Å². The molecule has 1 aliphatic heterocycles. The average molecular weight is 424 g/mol. The van der Waals surface area contributed by atoms with E-state index >= 15 is 0 Å². The third-order valence-corrected chi connectivity index (χ3v) is 6.35. The largest absolute Gasteiger partial charge is 0.507 e. The number of nitrogens with zero attached hydrogens (tertiary/aromatic N) is 1. The van der Waals surface area contributed by atoms with Crippen molar-refractivity contribution in [1.82, 2.24) is 0 Å². The van der Waals surface area contributed by atoms with Gasteiger partial charge in [0.15, 0.2) is 0 Å². The van der Waals surface area contributed by atoms with E-state index in [9.17, 15) is 14.7 Å². The molecule has 146 valence electrons. The van der Waals surface area contributed by atoms with E-state index in [0.717, 1.165) is 16.0 Å². The van der Waals surface area contributed by atoms with E-state index in [1.54, 1.807) is 36.4 Å². The number of carbonyl (C=O) groups excluding carboxylic acids is 2. The van der Waals surface area contributed by atoms with Crippen molar-refractivity contribution in [1.29, 1.82) is 0 Å². The lowest BCUT2D eigenvalue weighted by atomic mass is 9.98. The maximum Gasteiger partial charge on any atom is 0.300 e. The Morgan fingerprint density at radius 3 is 2.24 bits per heavy atom. The Bertz CT molecular complexity index is 1130. The number of anilines is 1. The van der Waals surface area contributed by atoms with Gasteiger partial charge in [-0.1, -0.05) is 41.4 Å². The van der Waals surface area contributed by atoms with Crippen molar-refractivity contribution in [2.45, 2.75) is 19.9 Å². The molecule has 1 aromatic heterocycles. The molecule has 1 atom stereocenters. The normalized spacial score (nSPS) is 18.4. The predicted octanol–water partition coefficient (Wildman–Crippen LogP) is 5.64. The molecule has 2 heterocycles. The number of benzene rings is 2. The number of halogens is 1. The number of hydrogen-bond donors (Lipinski definition) is 1. The molecular weight excluding hydrogens is 406 g/mol. The van der Waals surface area contributed by atoms with E-state index in [4.69, 9.17) is 11.6 Å². The molecule has 29 heavy (non-hydrogen) atoms. The van der Waals surface area contributed by atoms with Gasteiger partial charge in [-0.2, -0.15) is 0 Å². The molecule has 4 nitrogen and oxygen atoms in total. The van der Waals surface area contributed by atoms with Crippen LogP contribution in [0.25, 0.3) is 5.76 Å². The molecular formula is C23H18ClNO3S. The third-order valence-electron chi connectivity index (χ3n) is 5.02. The summed E-state index contributed by atoms with van der Waals surface area (Å²) in [5, 5.41) is 13.5. The summed E-state index contributed by atoms with van der Waals surface area (Å²) in [6.07, 6.45) is 0. The van der Waals surface area contributed by atoms with Crippen LogP contribution in [-0.4, -0.2) is 16.8 Å². The van der Waals surface area contributed by atoms with Crippen LogP contribution in [0.5, 0.6) is 0 Å². The summed E-state index contributed by atoms with van der Waals surface area (Å²) >= 11 is 7.45. The van der Waals surface area contributed by atoms with Crippen molar-refractivity contribution in [2.24, 2.45) is 0 Å². The van der Waals surface area contributed by atoms with Crippen molar-refractivity contribution < 1.29 is 14.7 Å². The monoisotopic (exact) mass is 423 g/mol. The van der Waals surface area contributed by atoms with Crippen LogP contribution in [0.15, 0.2) is 65.6 Å². The van der Waals surface area contributed by atoms with Gasteiger partial charge in [-0.15, -0.1) is 11.3 Å². The van der Waals surface area contributed by atoms with Gasteiger partial charge in [0.25, 0.3) is 11.7 Å². The Hall–Kier alpha value is -2.89. The Kier molecular flexibility index (Phi) is 5.03. The molecule has 0 radical (unpaired) electrons. The van der Waals surface area contributed by atoms with Gasteiger partial charge in [-0.3, -0.25) is 14.5 Å². The fraction of sp³-hybridized carbons (Fsp3) is 0.130. The van der Waals surface area contributed by atoms with Gasteiger partial charge in [0.05, 0.1) is 5.57 Å². The quantitative estimate of drug-likeness (QED) is 0.336. The number of rotatable bonds is 3. The van der Waals surface area contributed by atoms with E-state index in [0.29, 0.717) is 16.3 Å². The Morgan fingerprint density at radius 2 is 1.66 bits per heavy atom. The van der Waals surface area contributed by atoms with E-state index in [1.165, 1.54) is 16.2 Å². The van der Waals surface area contributed by atoms with Gasteiger partial charge in [0.2, 0.25) is 0 Å². The molecule has 1 saturated heterocycles. The lowest BCUT2D eigenvalue weighted by molar-refractivity contribution is -0.132. The number of thiophene rings is 1. The zero-order valence-electron chi connectivity index (χ0n) is 15.8. The molecule has 1 aliphatic rings. The first-order valence-corrected chi connectivity index (χ1v) is 10.3. The topological polar surface area (TPSA) is 57.6 Å². The van der Waals surface area contributed by atoms with Crippen molar-refractivity contribution >= 4 is 46.1 Å². The fourth-order valence-corrected chi connectivity index (χ4v) is 4.63. The number of aliphatic hydroxyl groups is 1. The number of Topliss-reactive ketones (excluding diaryl/α,β-unsaturated/α-hetero) is 1. The molecule has 1 amide bonds. The first kappa shape index (κ1) is 19.4. The maximum atomic E-state index is 13.0. The Balaban J connectivity index is 1.94. The van der Waals surface area contributed by atoms with Gasteiger partial charge in [0, 0.05) is 21.2 Å². The highest BCUT2D eigenvalue weighted by molar-refractivity contribution is 7.10. The first-order valence-electron chi connectivity index (χ1n) is 9.06. The number of hydrogen-bond acceptors (Lipinski definition) is 4. The SMILES string of the molecule is Cc1ccc(/C(O)=C2/C(=O)C(=O)N(c3ccc(Cl)cc3)C2c2sccc2C)cc1. The summed E-state index contributed by atoms with van der Waals surface area (Å²) in [5.74, 6) is -1.53. The number of aliphatic hydroxyl groups excluding tert-OH is 1. The number of ketones is 1. The second kappa shape index (κ2) is 7.50. The zero-order chi connectivity index (χ0) is 20.7. The summed E-state index contributed by atoms with van der Waals surface area (Å²) in [4.78, 5) is 28.3. The first-order chi connectivity index (χ1) is 13.9. The lowest BCUT2D eigenvalue weighted by Gasteiger charge is -2.25. The maximum absolute atomic E-state index is 13.0. The molecule has 1 N–H and O–H groups in total. The molecule has 2 aromatic carbocycles. The summed E-state index contributed by atoms with van der Waals surface area (Å²) in [5.41, 5.74) is 3.14. The lowest BCUT2D eigenvalue weighted by Crippen LogP contribution is -2.29. The summed E-state index contributed by atoms with van der Waals surface area (Å²) in [7, 11) is 0. The van der Waals surface area contributed by atoms with Crippen LogP contribution in [0.2, 0.25) is 5.02 Å². The highest BCUT2D eigenvalue weighted by Crippen LogP contribution is 2.44. The van der Waals surface area contributed by atoms with Crippen molar-refractivity contribution in [3.63, 3.8) is 0 Å². The van der Waals surface area contributed by atoms with Gasteiger partial charge >= 0.3 is 0 Å². The molecule has 0 bridgehead atoms. The predicted molar refractivity (Wildman–Crippen MR) is 116 cm³/mol. The van der Waals surface area contributed by atoms with E-state index in [1.807, 2.05) is 37.4 Å². The van der Waals surface area contributed by atoms with Crippen molar-refractivity contribution in [3.8, 4) is 0 Å². The summed E-state index contributed by atoms with van der Waals surface area (Å²) in [6, 6.07) is 15.2. The van der Waals surface area contributed by atoms with Crippen LogP contribution >= 0.6 is 22.9 Å². The van der Waals surface area contributed by atoms with Gasteiger partial charge in [0.1, 0.15) is 11.8 Å². The van der Waals surface area contributed by atoms with Crippen molar-refractivity contribution in [2.75, 3.05) is 4.90 Å². The molecule has 6 heteroatoms. The molecule has 3 aromatic rings. The van der Waals surface area contributed by atoms with E-state index in [-0.39, 0.29) is 11.3 Å². The molecule has 4 rings (SSSR count). The van der Waals surface area contributed by atoms with Crippen LogP contribution in [0, 0.1) is 13.8 Å². The minimum atomic E-state index is -0.698. The highest BCUT2D eigenvalue weighted by atomic mass is 35.5. The van der Waals surface area contributed by atoms with Crippen molar-refractivity contribution in [3.05, 3.63) is 92.1 Å². The smallest absolute Gasteiger partial charge is 0.300 e. The van der Waals surface area contributed by atoms with E-state index < -0.39 is 17.7 Å². The molecule has 0 saturated carbocycles. The highest BCUT2D eigenvalue weighted by Gasteiger charge is 2.47. The van der Waals surface area contributed by atoms with Crippen LogP contribution in [0.4, 0.5) is 5.69 Å². The minimum absolute atomic E-state index is 0.0966. The molecule has 0 aliphatic carbocycles.